The number of rotatable bonds is 2. The minimum atomic E-state index is 0. The smallest absolute Gasteiger partial charge is 0.398 e. The van der Waals surface area contributed by atoms with Gasteiger partial charge in [0.05, 0.1) is 5.69 Å². The van der Waals surface area contributed by atoms with E-state index in [0.717, 1.165) is 22.8 Å². The number of anilines is 2. The molecule has 1 aromatic heterocycles. The van der Waals surface area contributed by atoms with E-state index in [9.17, 15) is 0 Å². The van der Waals surface area contributed by atoms with Crippen LogP contribution in [0.1, 0.15) is 16.7 Å². The van der Waals surface area contributed by atoms with Gasteiger partial charge in [0.2, 0.25) is 0 Å². The molecule has 6 heteroatoms. The molecular weight excluding hydrogens is 511 g/mol. The van der Waals surface area contributed by atoms with E-state index in [4.69, 9.17) is 0 Å². The van der Waals surface area contributed by atoms with E-state index in [2.05, 4.69) is 72.7 Å². The minimum absolute atomic E-state index is 0. The van der Waals surface area contributed by atoms with Gasteiger partial charge in [-0.3, -0.25) is 4.98 Å². The Hall–Kier alpha value is -2.17. The zero-order valence-corrected chi connectivity index (χ0v) is 18.6. The van der Waals surface area contributed by atoms with Gasteiger partial charge in [0.25, 0.3) is 0 Å². The summed E-state index contributed by atoms with van der Waals surface area (Å²) < 4.78 is 0. The summed E-state index contributed by atoms with van der Waals surface area (Å²) in [6.45, 7) is 6.63. The molecule has 0 aliphatic carbocycles. The van der Waals surface area contributed by atoms with Crippen molar-refractivity contribution in [3.63, 3.8) is 0 Å². The third-order valence-corrected chi connectivity index (χ3v) is 5.18. The molecule has 0 saturated heterocycles. The Morgan fingerprint density at radius 3 is 2.30 bits per heavy atom. The van der Waals surface area contributed by atoms with Gasteiger partial charge >= 0.3 is 6.98 Å². The molecule has 2 aromatic carbocycles. The van der Waals surface area contributed by atoms with Crippen molar-refractivity contribution in [2.75, 3.05) is 23.7 Å². The Kier molecular flexibility index (Phi) is 5.41. The van der Waals surface area contributed by atoms with Crippen molar-refractivity contribution < 1.29 is 20.1 Å². The van der Waals surface area contributed by atoms with E-state index < -0.39 is 0 Å². The largest absolute Gasteiger partial charge is 0.412 e. The molecule has 139 valence electrons. The first-order valence-electron chi connectivity index (χ1n) is 8.84. The number of fused-ring (bicyclic) bond motifs is 1. The fraction of sp³-hybridized carbons (Fsp3) is 0.238. The van der Waals surface area contributed by atoms with E-state index >= 15 is 0 Å². The summed E-state index contributed by atoms with van der Waals surface area (Å²) in [5, 5.41) is 0. The predicted molar refractivity (Wildman–Crippen MR) is 109 cm³/mol. The third-order valence-electron chi connectivity index (χ3n) is 5.18. The second kappa shape index (κ2) is 7.45. The van der Waals surface area contributed by atoms with Crippen LogP contribution in [-0.4, -0.2) is 31.0 Å². The first-order valence-corrected chi connectivity index (χ1v) is 8.84. The molecule has 0 amide bonds. The summed E-state index contributed by atoms with van der Waals surface area (Å²) in [6, 6.07) is 15.8. The summed E-state index contributed by atoms with van der Waals surface area (Å²) in [6.07, 6.45) is 1.65. The van der Waals surface area contributed by atoms with Crippen molar-refractivity contribution in [1.82, 2.24) is 9.97 Å². The molecule has 4 nitrogen and oxygen atoms in total. The quantitative estimate of drug-likeness (QED) is 0.375. The van der Waals surface area contributed by atoms with Crippen LogP contribution in [0.15, 0.2) is 42.7 Å². The maximum atomic E-state index is 4.59. The van der Waals surface area contributed by atoms with Crippen LogP contribution in [0, 0.1) is 26.8 Å². The van der Waals surface area contributed by atoms with Crippen molar-refractivity contribution in [2.45, 2.75) is 20.8 Å². The number of hydrogen-bond acceptors (Lipinski definition) is 4. The van der Waals surface area contributed by atoms with Crippen molar-refractivity contribution in [3.05, 3.63) is 65.5 Å². The maximum Gasteiger partial charge on any atom is 0.412 e. The van der Waals surface area contributed by atoms with Crippen LogP contribution in [-0.2, 0) is 20.1 Å². The van der Waals surface area contributed by atoms with Gasteiger partial charge in [-0.1, -0.05) is 28.8 Å². The van der Waals surface area contributed by atoms with Gasteiger partial charge < -0.3 is 9.62 Å². The standard InChI is InChI=1S/C21H22BN4.Ir/c1-14-11-15(2)18(16(3)12-14)22-25(4)20-19(17-9-7-6-8-10-17)23-13-24-21(20)26(22)5;/h6-9,11-13H,1-5H3;/q-1;. The SMILES string of the molecule is Cc1cc(C)c(B2N(C)c3ncnc(-c4[c-]cccc4)c3N2C)c(C)c1.[Ir]. The molecule has 3 aromatic rings. The Bertz CT molecular complexity index is 954. The van der Waals surface area contributed by atoms with Gasteiger partial charge in [-0.15, -0.1) is 35.9 Å². The molecule has 0 bridgehead atoms. The molecule has 1 aliphatic heterocycles. The fourth-order valence-corrected chi connectivity index (χ4v) is 4.17. The Morgan fingerprint density at radius 2 is 1.67 bits per heavy atom. The molecule has 0 N–H and O–H groups in total. The van der Waals surface area contributed by atoms with Crippen molar-refractivity contribution in [3.8, 4) is 11.3 Å². The number of nitrogens with zero attached hydrogens (tertiary/aromatic N) is 4. The summed E-state index contributed by atoms with van der Waals surface area (Å²) in [5.74, 6) is 0.958. The van der Waals surface area contributed by atoms with Gasteiger partial charge in [-0.05, 0) is 40.3 Å². The van der Waals surface area contributed by atoms with Crippen LogP contribution in [0.2, 0.25) is 0 Å². The first-order chi connectivity index (χ1) is 12.5. The molecule has 0 fully saturated rings. The molecule has 0 spiro atoms. The topological polar surface area (TPSA) is 32.3 Å². The van der Waals surface area contributed by atoms with Gasteiger partial charge in [-0.2, -0.15) is 0 Å². The normalized spacial score (nSPS) is 12.9. The van der Waals surface area contributed by atoms with Gasteiger partial charge in [0.1, 0.15) is 12.1 Å². The van der Waals surface area contributed by atoms with Crippen molar-refractivity contribution in [2.24, 2.45) is 0 Å². The molecule has 0 unspecified atom stereocenters. The van der Waals surface area contributed by atoms with Gasteiger partial charge in [-0.25, -0.2) is 4.98 Å². The maximum absolute atomic E-state index is 4.59. The van der Waals surface area contributed by atoms with E-state index in [1.165, 1.54) is 22.2 Å². The number of hydrogen-bond donors (Lipinski definition) is 0. The van der Waals surface area contributed by atoms with Crippen molar-refractivity contribution >= 4 is 24.0 Å². The molecule has 1 aliphatic rings. The minimum Gasteiger partial charge on any atom is -0.398 e. The monoisotopic (exact) mass is 534 g/mol. The summed E-state index contributed by atoms with van der Waals surface area (Å²) in [5.41, 5.74) is 8.21. The Labute approximate surface area is 175 Å². The average Bonchev–Trinajstić information content (AvgIpc) is 2.87. The fourth-order valence-electron chi connectivity index (χ4n) is 4.17. The predicted octanol–water partition coefficient (Wildman–Crippen LogP) is 3.15. The van der Waals surface area contributed by atoms with E-state index in [0.29, 0.717) is 0 Å². The molecule has 0 saturated carbocycles. The molecule has 4 rings (SSSR count). The Balaban J connectivity index is 0.00000210. The number of aryl methyl sites for hydroxylation is 3. The zero-order valence-electron chi connectivity index (χ0n) is 16.2. The third kappa shape index (κ3) is 3.17. The van der Waals surface area contributed by atoms with Gasteiger partial charge in [0.15, 0.2) is 0 Å². The van der Waals surface area contributed by atoms with E-state index in [-0.39, 0.29) is 27.1 Å². The summed E-state index contributed by atoms with van der Waals surface area (Å²) in [7, 11) is 4.23. The van der Waals surface area contributed by atoms with Crippen LogP contribution in [0.4, 0.5) is 11.5 Å². The molecule has 2 heterocycles. The summed E-state index contributed by atoms with van der Waals surface area (Å²) >= 11 is 0. The second-order valence-corrected chi connectivity index (χ2v) is 7.08. The van der Waals surface area contributed by atoms with Crippen LogP contribution >= 0.6 is 0 Å². The van der Waals surface area contributed by atoms with Crippen molar-refractivity contribution in [1.29, 1.82) is 0 Å². The van der Waals surface area contributed by atoms with Gasteiger partial charge in [0, 0.05) is 25.8 Å². The van der Waals surface area contributed by atoms with Crippen LogP contribution in [0.5, 0.6) is 0 Å². The average molecular weight is 533 g/mol. The van der Waals surface area contributed by atoms with Crippen LogP contribution in [0.25, 0.3) is 11.3 Å². The Morgan fingerprint density at radius 1 is 0.963 bits per heavy atom. The van der Waals surface area contributed by atoms with Crippen LogP contribution in [0.3, 0.4) is 0 Å². The zero-order chi connectivity index (χ0) is 18.4. The molecule has 1 radical (unpaired) electrons. The first kappa shape index (κ1) is 19.6. The molecule has 0 atom stereocenters. The number of benzene rings is 2. The number of aromatic nitrogens is 2. The van der Waals surface area contributed by atoms with E-state index in [1.54, 1.807) is 6.33 Å². The molecular formula is C21H22BIrN4-. The second-order valence-electron chi connectivity index (χ2n) is 7.08. The van der Waals surface area contributed by atoms with E-state index in [1.807, 2.05) is 24.3 Å². The molecule has 27 heavy (non-hydrogen) atoms. The van der Waals surface area contributed by atoms with Crippen LogP contribution < -0.4 is 15.1 Å². The summed E-state index contributed by atoms with van der Waals surface area (Å²) in [4.78, 5) is 13.7.